The minimum absolute atomic E-state index is 0.0793. The summed E-state index contributed by atoms with van der Waals surface area (Å²) in [5, 5.41) is 8.71. The van der Waals surface area contributed by atoms with Crippen LogP contribution >= 0.6 is 0 Å². The number of nitrogens with two attached hydrogens (primary N) is 2. The summed E-state index contributed by atoms with van der Waals surface area (Å²) >= 11 is 0. The lowest BCUT2D eigenvalue weighted by atomic mass is 10.3. The Hall–Kier alpha value is -0.770. The van der Waals surface area contributed by atoms with Gasteiger partial charge in [-0.25, -0.2) is 0 Å². The molecule has 4 nitrogen and oxygen atoms in total. The number of aliphatic hydroxyl groups excluding tert-OH is 1. The third kappa shape index (κ3) is 7.23. The molecule has 0 aliphatic rings. The van der Waals surface area contributed by atoms with Gasteiger partial charge < -0.3 is 16.6 Å². The molecule has 54 valence electrons. The van der Waals surface area contributed by atoms with E-state index in [1.165, 1.54) is 0 Å². The first-order chi connectivity index (χ1) is 4.13. The van der Waals surface area contributed by atoms with Crippen LogP contribution in [0.5, 0.6) is 0 Å². The van der Waals surface area contributed by atoms with E-state index in [9.17, 15) is 0 Å². The van der Waals surface area contributed by atoms with Gasteiger partial charge in [0.25, 0.3) is 0 Å². The average molecular weight is 131 g/mol. The minimum Gasteiger partial charge on any atom is -0.393 e. The van der Waals surface area contributed by atoms with E-state index in [0.29, 0.717) is 13.0 Å². The van der Waals surface area contributed by atoms with E-state index in [1.807, 2.05) is 0 Å². The summed E-state index contributed by atoms with van der Waals surface area (Å²) in [5.41, 5.74) is 10.0. The molecule has 9 heavy (non-hydrogen) atoms. The predicted octanol–water partition coefficient (Wildman–Crippen LogP) is -0.969. The maximum absolute atomic E-state index is 8.71. The highest BCUT2D eigenvalue weighted by Gasteiger charge is 1.91. The molecule has 0 bridgehead atoms. The van der Waals surface area contributed by atoms with E-state index < -0.39 is 0 Å². The molecule has 0 rings (SSSR count). The fourth-order valence-electron chi connectivity index (χ4n) is 0.380. The van der Waals surface area contributed by atoms with Crippen molar-refractivity contribution in [2.24, 2.45) is 16.5 Å². The molecule has 5 N–H and O–H groups in total. The Kier molecular flexibility index (Phi) is 3.79. The largest absolute Gasteiger partial charge is 0.393 e. The zero-order valence-electron chi connectivity index (χ0n) is 5.54. The molecule has 4 heteroatoms. The monoisotopic (exact) mass is 131 g/mol. The Balaban J connectivity index is 3.20. The third-order valence-electron chi connectivity index (χ3n) is 0.841. The van der Waals surface area contributed by atoms with E-state index in [1.54, 1.807) is 6.92 Å². The zero-order valence-corrected chi connectivity index (χ0v) is 5.54. The second-order valence-electron chi connectivity index (χ2n) is 1.94. The van der Waals surface area contributed by atoms with E-state index in [4.69, 9.17) is 16.6 Å². The standard InChI is InChI=1S/C5H13N3O/c1-4(9)2-3-8-5(6)7/h4,9H,2-3H2,1H3,(H4,6,7,8)/t4-/m1/s1. The van der Waals surface area contributed by atoms with Gasteiger partial charge in [-0.15, -0.1) is 0 Å². The lowest BCUT2D eigenvalue weighted by Crippen LogP contribution is -2.23. The first-order valence-electron chi connectivity index (χ1n) is 2.86. The fraction of sp³-hybridized carbons (Fsp3) is 0.800. The van der Waals surface area contributed by atoms with Gasteiger partial charge in [0.2, 0.25) is 0 Å². The highest BCUT2D eigenvalue weighted by atomic mass is 16.3. The lowest BCUT2D eigenvalue weighted by Gasteiger charge is -1.98. The zero-order chi connectivity index (χ0) is 7.28. The van der Waals surface area contributed by atoms with E-state index >= 15 is 0 Å². The van der Waals surface area contributed by atoms with Crippen molar-refractivity contribution < 1.29 is 5.11 Å². The van der Waals surface area contributed by atoms with Gasteiger partial charge in [0.05, 0.1) is 6.10 Å². The minimum atomic E-state index is -0.326. The van der Waals surface area contributed by atoms with Crippen LogP contribution in [0.15, 0.2) is 4.99 Å². The molecule has 0 aliphatic carbocycles. The first-order valence-corrected chi connectivity index (χ1v) is 2.86. The molecule has 0 aromatic rings. The molecule has 1 atom stereocenters. The second kappa shape index (κ2) is 4.14. The number of aliphatic imine (C=N–C) groups is 1. The Labute approximate surface area is 54.6 Å². The van der Waals surface area contributed by atoms with Gasteiger partial charge in [-0.2, -0.15) is 0 Å². The van der Waals surface area contributed by atoms with Gasteiger partial charge in [0.1, 0.15) is 0 Å². The van der Waals surface area contributed by atoms with Gasteiger partial charge in [-0.3, -0.25) is 4.99 Å². The molecule has 0 saturated carbocycles. The quantitative estimate of drug-likeness (QED) is 0.340. The van der Waals surface area contributed by atoms with Crippen molar-refractivity contribution in [1.82, 2.24) is 0 Å². The van der Waals surface area contributed by atoms with Gasteiger partial charge in [0, 0.05) is 6.54 Å². The Morgan fingerprint density at radius 3 is 2.56 bits per heavy atom. The van der Waals surface area contributed by atoms with E-state index in [0.717, 1.165) is 0 Å². The number of hydrogen-bond acceptors (Lipinski definition) is 2. The Morgan fingerprint density at radius 2 is 2.22 bits per heavy atom. The van der Waals surface area contributed by atoms with Crippen LogP contribution in [0.4, 0.5) is 0 Å². The predicted molar refractivity (Wildman–Crippen MR) is 37.0 cm³/mol. The molecule has 0 aromatic carbocycles. The number of hydrogen-bond donors (Lipinski definition) is 3. The van der Waals surface area contributed by atoms with Crippen LogP contribution in [0.1, 0.15) is 13.3 Å². The van der Waals surface area contributed by atoms with Crippen molar-refractivity contribution in [3.8, 4) is 0 Å². The van der Waals surface area contributed by atoms with Crippen LogP contribution < -0.4 is 11.5 Å². The van der Waals surface area contributed by atoms with Crippen LogP contribution in [0.2, 0.25) is 0 Å². The molecule has 0 spiro atoms. The summed E-state index contributed by atoms with van der Waals surface area (Å²) in [4.78, 5) is 3.68. The van der Waals surface area contributed by atoms with Crippen LogP contribution in [0.3, 0.4) is 0 Å². The molecule has 0 fully saturated rings. The average Bonchev–Trinajstić information content (AvgIpc) is 1.63. The Morgan fingerprint density at radius 1 is 1.67 bits per heavy atom. The number of aliphatic hydroxyl groups is 1. The molecule has 0 heterocycles. The van der Waals surface area contributed by atoms with Crippen molar-refractivity contribution in [2.75, 3.05) is 6.54 Å². The molecular formula is C5H13N3O. The van der Waals surface area contributed by atoms with Crippen molar-refractivity contribution in [1.29, 1.82) is 0 Å². The third-order valence-corrected chi connectivity index (χ3v) is 0.841. The molecular weight excluding hydrogens is 118 g/mol. The summed E-state index contributed by atoms with van der Waals surface area (Å²) < 4.78 is 0. The highest BCUT2D eigenvalue weighted by molar-refractivity contribution is 5.75. The topological polar surface area (TPSA) is 84.6 Å². The maximum Gasteiger partial charge on any atom is 0.185 e. The second-order valence-corrected chi connectivity index (χ2v) is 1.94. The molecule has 0 radical (unpaired) electrons. The fourth-order valence-corrected chi connectivity index (χ4v) is 0.380. The lowest BCUT2D eigenvalue weighted by molar-refractivity contribution is 0.187. The van der Waals surface area contributed by atoms with Crippen LogP contribution in [-0.4, -0.2) is 23.7 Å². The molecule has 0 unspecified atom stereocenters. The number of guanidine groups is 1. The van der Waals surface area contributed by atoms with Gasteiger partial charge >= 0.3 is 0 Å². The normalized spacial score (nSPS) is 12.7. The summed E-state index contributed by atoms with van der Waals surface area (Å²) in [7, 11) is 0. The van der Waals surface area contributed by atoms with Crippen LogP contribution in [0, 0.1) is 0 Å². The van der Waals surface area contributed by atoms with E-state index in [-0.39, 0.29) is 12.1 Å². The maximum atomic E-state index is 8.71. The molecule has 0 aromatic heterocycles. The highest BCUT2D eigenvalue weighted by Crippen LogP contribution is 1.87. The van der Waals surface area contributed by atoms with E-state index in [2.05, 4.69) is 4.99 Å². The van der Waals surface area contributed by atoms with Crippen molar-refractivity contribution >= 4 is 5.96 Å². The summed E-state index contributed by atoms with van der Waals surface area (Å²) in [5.74, 6) is 0.0793. The van der Waals surface area contributed by atoms with Crippen molar-refractivity contribution in [2.45, 2.75) is 19.4 Å². The van der Waals surface area contributed by atoms with Crippen LogP contribution in [-0.2, 0) is 0 Å². The summed E-state index contributed by atoms with van der Waals surface area (Å²) in [6.07, 6.45) is 0.283. The molecule has 0 amide bonds. The number of nitrogens with zero attached hydrogens (tertiary/aromatic N) is 1. The van der Waals surface area contributed by atoms with Gasteiger partial charge in [-0.05, 0) is 13.3 Å². The van der Waals surface area contributed by atoms with Gasteiger partial charge in [0.15, 0.2) is 5.96 Å². The molecule has 0 aliphatic heterocycles. The van der Waals surface area contributed by atoms with Crippen molar-refractivity contribution in [3.05, 3.63) is 0 Å². The van der Waals surface area contributed by atoms with Crippen molar-refractivity contribution in [3.63, 3.8) is 0 Å². The Bertz CT molecular complexity index is 96.4. The summed E-state index contributed by atoms with van der Waals surface area (Å²) in [6.45, 7) is 2.20. The van der Waals surface area contributed by atoms with Gasteiger partial charge in [-0.1, -0.05) is 0 Å². The molecule has 0 saturated heterocycles. The SMILES string of the molecule is C[C@@H](O)CCN=C(N)N. The number of rotatable bonds is 3. The smallest absolute Gasteiger partial charge is 0.185 e. The first kappa shape index (κ1) is 8.23. The summed E-state index contributed by atoms with van der Waals surface area (Å²) in [6, 6.07) is 0. The van der Waals surface area contributed by atoms with Crippen LogP contribution in [0.25, 0.3) is 0 Å².